The summed E-state index contributed by atoms with van der Waals surface area (Å²) < 4.78 is 24.9. The van der Waals surface area contributed by atoms with Crippen molar-refractivity contribution < 1.29 is 8.42 Å². The van der Waals surface area contributed by atoms with Crippen molar-refractivity contribution in [2.24, 2.45) is 0 Å². The first kappa shape index (κ1) is 14.2. The van der Waals surface area contributed by atoms with Crippen molar-refractivity contribution in [2.75, 3.05) is 0 Å². The Kier molecular flexibility index (Phi) is 3.31. The van der Waals surface area contributed by atoms with Crippen molar-refractivity contribution in [3.8, 4) is 22.3 Å². The average Bonchev–Trinajstić information content (AvgIpc) is 2.67. The summed E-state index contributed by atoms with van der Waals surface area (Å²) in [5, 5.41) is 0. The van der Waals surface area contributed by atoms with Crippen molar-refractivity contribution >= 4 is 9.84 Å². The fourth-order valence-electron chi connectivity index (χ4n) is 3.31. The van der Waals surface area contributed by atoms with E-state index in [0.29, 0.717) is 0 Å². The number of hydrogen-bond acceptors (Lipinski definition) is 2. The fourth-order valence-corrected chi connectivity index (χ4v) is 4.85. The van der Waals surface area contributed by atoms with Crippen molar-refractivity contribution in [3.63, 3.8) is 0 Å². The van der Waals surface area contributed by atoms with E-state index in [1.807, 2.05) is 54.6 Å². The summed E-state index contributed by atoms with van der Waals surface area (Å²) in [4.78, 5) is 0. The van der Waals surface area contributed by atoms with Gasteiger partial charge in [0, 0.05) is 0 Å². The Labute approximate surface area is 136 Å². The van der Waals surface area contributed by atoms with Crippen LogP contribution in [0.4, 0.5) is 0 Å². The lowest BCUT2D eigenvalue weighted by Gasteiger charge is -2.14. The predicted octanol–water partition coefficient (Wildman–Crippen LogP) is 4.45. The topological polar surface area (TPSA) is 34.1 Å². The minimum absolute atomic E-state index is 0.0949. The lowest BCUT2D eigenvalue weighted by molar-refractivity contribution is 0.595. The fraction of sp³-hybridized carbons (Fsp3) is 0.100. The van der Waals surface area contributed by atoms with Crippen LogP contribution in [0.15, 0.2) is 72.8 Å². The van der Waals surface area contributed by atoms with E-state index in [-0.39, 0.29) is 11.5 Å². The third kappa shape index (κ3) is 2.57. The second-order valence-electron chi connectivity index (χ2n) is 5.90. The largest absolute Gasteiger partial charge is 0.228 e. The van der Waals surface area contributed by atoms with Crippen LogP contribution in [0.2, 0.25) is 0 Å². The Balaban J connectivity index is 2.08. The van der Waals surface area contributed by atoms with Crippen LogP contribution >= 0.6 is 0 Å². The molecule has 3 aromatic carbocycles. The Morgan fingerprint density at radius 3 is 2.04 bits per heavy atom. The highest BCUT2D eigenvalue weighted by atomic mass is 32.2. The molecular weight excluding hydrogens is 304 g/mol. The molecule has 0 radical (unpaired) electrons. The molecule has 1 heterocycles. The summed E-state index contributed by atoms with van der Waals surface area (Å²) in [5.41, 5.74) is 6.05. The maximum atomic E-state index is 12.4. The molecule has 0 fully saturated rings. The molecule has 23 heavy (non-hydrogen) atoms. The van der Waals surface area contributed by atoms with Gasteiger partial charge in [0.1, 0.15) is 0 Å². The van der Waals surface area contributed by atoms with Crippen molar-refractivity contribution in [3.05, 3.63) is 83.9 Å². The van der Waals surface area contributed by atoms with Gasteiger partial charge >= 0.3 is 0 Å². The van der Waals surface area contributed by atoms with Crippen LogP contribution in [0, 0.1) is 0 Å². The lowest BCUT2D eigenvalue weighted by Crippen LogP contribution is -2.05. The zero-order valence-electron chi connectivity index (χ0n) is 12.6. The Morgan fingerprint density at radius 1 is 0.609 bits per heavy atom. The zero-order valence-corrected chi connectivity index (χ0v) is 13.4. The second kappa shape index (κ2) is 5.36. The molecule has 0 aromatic heterocycles. The predicted molar refractivity (Wildman–Crippen MR) is 93.6 cm³/mol. The molecular formula is C20H16O2S. The second-order valence-corrected chi connectivity index (χ2v) is 7.96. The van der Waals surface area contributed by atoms with E-state index in [0.717, 1.165) is 33.4 Å². The maximum absolute atomic E-state index is 12.4. The normalized spacial score (nSPS) is 15.3. The van der Waals surface area contributed by atoms with Crippen LogP contribution in [-0.2, 0) is 21.3 Å². The van der Waals surface area contributed by atoms with E-state index >= 15 is 0 Å². The van der Waals surface area contributed by atoms with Gasteiger partial charge in [-0.3, -0.25) is 0 Å². The molecule has 1 aliphatic heterocycles. The molecule has 0 aliphatic carbocycles. The lowest BCUT2D eigenvalue weighted by atomic mass is 9.89. The summed E-state index contributed by atoms with van der Waals surface area (Å²) in [7, 11) is -3.14. The highest BCUT2D eigenvalue weighted by Gasteiger charge is 2.25. The summed E-state index contributed by atoms with van der Waals surface area (Å²) in [6.45, 7) is 0. The van der Waals surface area contributed by atoms with Crippen LogP contribution in [-0.4, -0.2) is 8.42 Å². The zero-order chi connectivity index (χ0) is 15.9. The minimum atomic E-state index is -3.14. The molecule has 0 unspecified atom stereocenters. The van der Waals surface area contributed by atoms with Crippen molar-refractivity contribution in [1.29, 1.82) is 0 Å². The molecule has 1 aliphatic rings. The van der Waals surface area contributed by atoms with Gasteiger partial charge in [-0.05, 0) is 33.4 Å². The molecule has 0 atom stereocenters. The van der Waals surface area contributed by atoms with Crippen LogP contribution in [0.1, 0.15) is 11.1 Å². The monoisotopic (exact) mass is 320 g/mol. The van der Waals surface area contributed by atoms with Crippen LogP contribution in [0.25, 0.3) is 22.3 Å². The number of rotatable bonds is 1. The van der Waals surface area contributed by atoms with E-state index in [9.17, 15) is 8.42 Å². The molecule has 0 saturated carbocycles. The summed E-state index contributed by atoms with van der Waals surface area (Å²) in [6, 6.07) is 23.9. The molecule has 0 spiro atoms. The Morgan fingerprint density at radius 2 is 1.22 bits per heavy atom. The molecule has 0 bridgehead atoms. The van der Waals surface area contributed by atoms with Crippen LogP contribution in [0.3, 0.4) is 0 Å². The SMILES string of the molecule is O=S1(=O)Cc2ccccc2-c2c(cccc2-c2ccccc2)C1. The van der Waals surface area contributed by atoms with E-state index in [2.05, 4.69) is 18.2 Å². The highest BCUT2D eigenvalue weighted by Crippen LogP contribution is 2.40. The number of hydrogen-bond donors (Lipinski definition) is 0. The van der Waals surface area contributed by atoms with Crippen LogP contribution < -0.4 is 0 Å². The molecule has 0 saturated heterocycles. The van der Waals surface area contributed by atoms with Gasteiger partial charge in [-0.2, -0.15) is 0 Å². The van der Waals surface area contributed by atoms with Crippen LogP contribution in [0.5, 0.6) is 0 Å². The summed E-state index contributed by atoms with van der Waals surface area (Å²) >= 11 is 0. The standard InChI is InChI=1S/C20H16O2S/c21-23(22)13-16-9-4-5-11-19(16)20-17(14-23)10-6-12-18(20)15-7-2-1-3-8-15/h1-12H,13-14H2. The Bertz CT molecular complexity index is 974. The third-order valence-corrected chi connectivity index (χ3v) is 5.77. The Hall–Kier alpha value is -2.39. The molecule has 3 heteroatoms. The number of fused-ring (bicyclic) bond motifs is 3. The van der Waals surface area contributed by atoms with Gasteiger partial charge in [-0.25, -0.2) is 8.42 Å². The smallest absolute Gasteiger partial charge is 0.158 e. The van der Waals surface area contributed by atoms with Gasteiger partial charge in [0.15, 0.2) is 9.84 Å². The van der Waals surface area contributed by atoms with Gasteiger partial charge in [-0.1, -0.05) is 72.8 Å². The van der Waals surface area contributed by atoms with Crippen molar-refractivity contribution in [2.45, 2.75) is 11.5 Å². The number of sulfone groups is 1. The van der Waals surface area contributed by atoms with Gasteiger partial charge in [0.05, 0.1) is 11.5 Å². The first-order valence-electron chi connectivity index (χ1n) is 7.60. The highest BCUT2D eigenvalue weighted by molar-refractivity contribution is 7.89. The average molecular weight is 320 g/mol. The van der Waals surface area contributed by atoms with Gasteiger partial charge in [-0.15, -0.1) is 0 Å². The number of benzene rings is 3. The minimum Gasteiger partial charge on any atom is -0.228 e. The van der Waals surface area contributed by atoms with E-state index in [1.165, 1.54) is 0 Å². The third-order valence-electron chi connectivity index (χ3n) is 4.27. The van der Waals surface area contributed by atoms with E-state index < -0.39 is 9.84 Å². The summed E-state index contributed by atoms with van der Waals surface area (Å²) in [5.74, 6) is 0.198. The van der Waals surface area contributed by atoms with Gasteiger partial charge in [0.2, 0.25) is 0 Å². The molecule has 2 nitrogen and oxygen atoms in total. The molecule has 3 aromatic rings. The molecule has 114 valence electrons. The maximum Gasteiger partial charge on any atom is 0.158 e. The molecule has 0 amide bonds. The van der Waals surface area contributed by atoms with Gasteiger partial charge in [0.25, 0.3) is 0 Å². The molecule has 0 N–H and O–H groups in total. The molecule has 4 rings (SSSR count). The van der Waals surface area contributed by atoms with Crippen molar-refractivity contribution in [1.82, 2.24) is 0 Å². The van der Waals surface area contributed by atoms with E-state index in [4.69, 9.17) is 0 Å². The first-order valence-corrected chi connectivity index (χ1v) is 9.42. The van der Waals surface area contributed by atoms with Gasteiger partial charge < -0.3 is 0 Å². The van der Waals surface area contributed by atoms with E-state index in [1.54, 1.807) is 0 Å². The summed E-state index contributed by atoms with van der Waals surface area (Å²) in [6.07, 6.45) is 0. The first-order chi connectivity index (χ1) is 11.1. The quantitative estimate of drug-likeness (QED) is 0.664.